The number of hydrogen-bond donors (Lipinski definition) is 2. The molecule has 1 atom stereocenters. The SMILES string of the molecule is CC(C)(C)OC(=O)N1CC([C@@H](O)CN)C1. The molecule has 88 valence electrons. The number of carbonyl (C=O) groups excluding carboxylic acids is 1. The molecule has 5 nitrogen and oxygen atoms in total. The molecule has 1 saturated heterocycles. The number of hydrogen-bond acceptors (Lipinski definition) is 4. The van der Waals surface area contributed by atoms with Crippen LogP contribution in [0.25, 0.3) is 0 Å². The Kier molecular flexibility index (Phi) is 3.57. The van der Waals surface area contributed by atoms with Crippen molar-refractivity contribution < 1.29 is 14.6 Å². The van der Waals surface area contributed by atoms with Gasteiger partial charge in [-0.15, -0.1) is 0 Å². The van der Waals surface area contributed by atoms with Crippen molar-refractivity contribution in [1.82, 2.24) is 4.90 Å². The molecule has 0 radical (unpaired) electrons. The van der Waals surface area contributed by atoms with E-state index in [0.29, 0.717) is 13.1 Å². The molecule has 5 heteroatoms. The zero-order valence-corrected chi connectivity index (χ0v) is 9.56. The molecule has 0 aliphatic carbocycles. The normalized spacial score (nSPS) is 19.7. The summed E-state index contributed by atoms with van der Waals surface area (Å²) in [5.41, 5.74) is 4.86. The first-order valence-corrected chi connectivity index (χ1v) is 5.19. The maximum absolute atomic E-state index is 11.5. The minimum Gasteiger partial charge on any atom is -0.444 e. The fourth-order valence-electron chi connectivity index (χ4n) is 1.42. The smallest absolute Gasteiger partial charge is 0.410 e. The van der Waals surface area contributed by atoms with Gasteiger partial charge in [0.15, 0.2) is 0 Å². The van der Waals surface area contributed by atoms with Crippen LogP contribution in [-0.4, -0.2) is 47.4 Å². The standard InChI is InChI=1S/C10H20N2O3/c1-10(2,3)15-9(14)12-5-7(6-12)8(13)4-11/h7-8,13H,4-6,11H2,1-3H3/t8-/m0/s1. The van der Waals surface area contributed by atoms with Gasteiger partial charge in [0.25, 0.3) is 0 Å². The average molecular weight is 216 g/mol. The summed E-state index contributed by atoms with van der Waals surface area (Å²) in [5, 5.41) is 9.41. The minimum atomic E-state index is -0.510. The minimum absolute atomic E-state index is 0.0996. The Balaban J connectivity index is 2.30. The van der Waals surface area contributed by atoms with Crippen molar-refractivity contribution in [2.24, 2.45) is 11.7 Å². The molecule has 0 spiro atoms. The highest BCUT2D eigenvalue weighted by Gasteiger charge is 2.36. The van der Waals surface area contributed by atoms with Gasteiger partial charge in [0, 0.05) is 25.6 Å². The van der Waals surface area contributed by atoms with Gasteiger partial charge in [-0.05, 0) is 20.8 Å². The second kappa shape index (κ2) is 4.37. The molecule has 3 N–H and O–H groups in total. The van der Waals surface area contributed by atoms with Gasteiger partial charge >= 0.3 is 6.09 Å². The number of nitrogens with two attached hydrogens (primary N) is 1. The van der Waals surface area contributed by atoms with Crippen LogP contribution in [0.5, 0.6) is 0 Å². The third-order valence-corrected chi connectivity index (χ3v) is 2.35. The second-order valence-electron chi connectivity index (χ2n) is 4.95. The zero-order chi connectivity index (χ0) is 11.6. The van der Waals surface area contributed by atoms with Crippen molar-refractivity contribution in [1.29, 1.82) is 0 Å². The monoisotopic (exact) mass is 216 g/mol. The number of rotatable bonds is 2. The largest absolute Gasteiger partial charge is 0.444 e. The number of aliphatic hydroxyl groups is 1. The predicted octanol–water partition coefficient (Wildman–Crippen LogP) is 0.173. The van der Waals surface area contributed by atoms with Crippen molar-refractivity contribution >= 4 is 6.09 Å². The summed E-state index contributed by atoms with van der Waals surface area (Å²) < 4.78 is 5.18. The molecule has 1 heterocycles. The molecule has 0 aromatic carbocycles. The molecule has 0 aromatic heterocycles. The molecule has 1 fully saturated rings. The van der Waals surface area contributed by atoms with E-state index >= 15 is 0 Å². The lowest BCUT2D eigenvalue weighted by Gasteiger charge is -2.41. The predicted molar refractivity (Wildman–Crippen MR) is 56.4 cm³/mol. The first kappa shape index (κ1) is 12.3. The molecule has 1 amide bonds. The fraction of sp³-hybridized carbons (Fsp3) is 0.900. The third kappa shape index (κ3) is 3.35. The van der Waals surface area contributed by atoms with Gasteiger partial charge in [-0.25, -0.2) is 4.79 Å². The van der Waals surface area contributed by atoms with Crippen LogP contribution in [0.1, 0.15) is 20.8 Å². The Bertz CT molecular complexity index is 231. The zero-order valence-electron chi connectivity index (χ0n) is 9.56. The highest BCUT2D eigenvalue weighted by molar-refractivity contribution is 5.69. The van der Waals surface area contributed by atoms with Gasteiger partial charge in [0.1, 0.15) is 5.60 Å². The summed E-state index contributed by atoms with van der Waals surface area (Å²) in [6.07, 6.45) is -0.827. The molecule has 0 aromatic rings. The van der Waals surface area contributed by atoms with E-state index in [4.69, 9.17) is 10.5 Å². The van der Waals surface area contributed by atoms with Gasteiger partial charge in [-0.1, -0.05) is 0 Å². The van der Waals surface area contributed by atoms with Crippen molar-refractivity contribution in [3.8, 4) is 0 Å². The molecular weight excluding hydrogens is 196 g/mol. The molecule has 1 aliphatic heterocycles. The van der Waals surface area contributed by atoms with Crippen LogP contribution >= 0.6 is 0 Å². The van der Waals surface area contributed by atoms with Crippen molar-refractivity contribution in [2.45, 2.75) is 32.5 Å². The van der Waals surface area contributed by atoms with E-state index in [-0.39, 0.29) is 18.6 Å². The van der Waals surface area contributed by atoms with Gasteiger partial charge in [-0.3, -0.25) is 0 Å². The first-order valence-electron chi connectivity index (χ1n) is 5.19. The molecule has 1 rings (SSSR count). The van der Waals surface area contributed by atoms with E-state index in [2.05, 4.69) is 0 Å². The highest BCUT2D eigenvalue weighted by atomic mass is 16.6. The fourth-order valence-corrected chi connectivity index (χ4v) is 1.42. The van der Waals surface area contributed by atoms with Crippen LogP contribution in [0, 0.1) is 5.92 Å². The Morgan fingerprint density at radius 3 is 2.53 bits per heavy atom. The van der Waals surface area contributed by atoms with Gasteiger partial charge in [0.05, 0.1) is 6.10 Å². The topological polar surface area (TPSA) is 75.8 Å². The number of amides is 1. The second-order valence-corrected chi connectivity index (χ2v) is 4.95. The number of aliphatic hydroxyl groups excluding tert-OH is 1. The highest BCUT2D eigenvalue weighted by Crippen LogP contribution is 2.21. The molecule has 0 saturated carbocycles. The Morgan fingerprint density at radius 1 is 1.60 bits per heavy atom. The summed E-state index contributed by atoms with van der Waals surface area (Å²) in [4.78, 5) is 13.1. The number of likely N-dealkylation sites (tertiary alicyclic amines) is 1. The van der Waals surface area contributed by atoms with Gasteiger partial charge in [0.2, 0.25) is 0 Å². The number of carbonyl (C=O) groups is 1. The van der Waals surface area contributed by atoms with Crippen LogP contribution in [0.3, 0.4) is 0 Å². The molecule has 0 bridgehead atoms. The summed E-state index contributed by atoms with van der Waals surface area (Å²) in [5.74, 6) is 0.0996. The molecule has 1 aliphatic rings. The lowest BCUT2D eigenvalue weighted by atomic mass is 9.94. The van der Waals surface area contributed by atoms with Crippen molar-refractivity contribution in [2.75, 3.05) is 19.6 Å². The van der Waals surface area contributed by atoms with E-state index in [1.54, 1.807) is 4.90 Å². The van der Waals surface area contributed by atoms with Crippen LogP contribution < -0.4 is 5.73 Å². The third-order valence-electron chi connectivity index (χ3n) is 2.35. The van der Waals surface area contributed by atoms with Crippen LogP contribution in [0.4, 0.5) is 4.79 Å². The molecular formula is C10H20N2O3. The summed E-state index contributed by atoms with van der Waals surface area (Å²) >= 11 is 0. The Labute approximate surface area is 90.2 Å². The van der Waals surface area contributed by atoms with Crippen molar-refractivity contribution in [3.05, 3.63) is 0 Å². The average Bonchev–Trinajstić information content (AvgIpc) is 1.97. The van der Waals surface area contributed by atoms with Gasteiger partial charge in [-0.2, -0.15) is 0 Å². The van der Waals surface area contributed by atoms with E-state index in [0.717, 1.165) is 0 Å². The molecule has 15 heavy (non-hydrogen) atoms. The van der Waals surface area contributed by atoms with E-state index in [1.807, 2.05) is 20.8 Å². The number of ether oxygens (including phenoxy) is 1. The van der Waals surface area contributed by atoms with Crippen LogP contribution in [0.2, 0.25) is 0 Å². The summed E-state index contributed by atoms with van der Waals surface area (Å²) in [7, 11) is 0. The molecule has 0 unspecified atom stereocenters. The lowest BCUT2D eigenvalue weighted by Crippen LogP contribution is -2.56. The maximum Gasteiger partial charge on any atom is 0.410 e. The van der Waals surface area contributed by atoms with Crippen molar-refractivity contribution in [3.63, 3.8) is 0 Å². The van der Waals surface area contributed by atoms with Crippen LogP contribution in [-0.2, 0) is 4.74 Å². The van der Waals surface area contributed by atoms with Gasteiger partial charge < -0.3 is 20.5 Å². The van der Waals surface area contributed by atoms with Crippen LogP contribution in [0.15, 0.2) is 0 Å². The Morgan fingerprint density at radius 2 is 2.13 bits per heavy atom. The number of nitrogens with zero attached hydrogens (tertiary/aromatic N) is 1. The Hall–Kier alpha value is -0.810. The first-order chi connectivity index (χ1) is 6.83. The quantitative estimate of drug-likeness (QED) is 0.690. The van der Waals surface area contributed by atoms with E-state index < -0.39 is 11.7 Å². The van der Waals surface area contributed by atoms with E-state index in [9.17, 15) is 9.90 Å². The lowest BCUT2D eigenvalue weighted by molar-refractivity contribution is -0.0282. The maximum atomic E-state index is 11.5. The summed E-state index contributed by atoms with van der Waals surface area (Å²) in [6.45, 7) is 6.80. The summed E-state index contributed by atoms with van der Waals surface area (Å²) in [6, 6.07) is 0. The van der Waals surface area contributed by atoms with E-state index in [1.165, 1.54) is 0 Å².